The molecule has 0 unspecified atom stereocenters. The van der Waals surface area contributed by atoms with E-state index in [9.17, 15) is 9.59 Å². The molecule has 110 valence electrons. The fraction of sp³-hybridized carbons (Fsp3) is 0.467. The second kappa shape index (κ2) is 8.32. The van der Waals surface area contributed by atoms with Gasteiger partial charge in [0.1, 0.15) is 0 Å². The van der Waals surface area contributed by atoms with Crippen LogP contribution in [0.3, 0.4) is 0 Å². The summed E-state index contributed by atoms with van der Waals surface area (Å²) in [6.45, 7) is 4.80. The molecule has 0 fully saturated rings. The summed E-state index contributed by atoms with van der Waals surface area (Å²) in [5.74, 6) is -0.147. The number of ether oxygens (including phenoxy) is 1. The van der Waals surface area contributed by atoms with Crippen molar-refractivity contribution in [2.24, 2.45) is 0 Å². The van der Waals surface area contributed by atoms with Gasteiger partial charge in [-0.05, 0) is 18.6 Å². The van der Waals surface area contributed by atoms with Crippen molar-refractivity contribution in [3.05, 3.63) is 29.8 Å². The quantitative estimate of drug-likeness (QED) is 0.769. The molecule has 20 heavy (non-hydrogen) atoms. The maximum atomic E-state index is 11.7. The lowest BCUT2D eigenvalue weighted by Crippen LogP contribution is -2.35. The summed E-state index contributed by atoms with van der Waals surface area (Å²) >= 11 is 0. The molecule has 0 aliphatic rings. The average molecular weight is 278 g/mol. The maximum Gasteiger partial charge on any atom is 0.223 e. The Balaban J connectivity index is 2.59. The van der Waals surface area contributed by atoms with Crippen LogP contribution in [-0.2, 0) is 14.3 Å². The Hall–Kier alpha value is -1.88. The molecule has 1 aromatic carbocycles. The van der Waals surface area contributed by atoms with Gasteiger partial charge in [-0.3, -0.25) is 9.59 Å². The van der Waals surface area contributed by atoms with Crippen molar-refractivity contribution in [2.75, 3.05) is 31.7 Å². The first-order valence-corrected chi connectivity index (χ1v) is 6.65. The van der Waals surface area contributed by atoms with Gasteiger partial charge in [0.2, 0.25) is 11.8 Å². The van der Waals surface area contributed by atoms with Crippen molar-refractivity contribution in [3.8, 4) is 0 Å². The van der Waals surface area contributed by atoms with Crippen LogP contribution in [0.15, 0.2) is 24.3 Å². The van der Waals surface area contributed by atoms with Gasteiger partial charge in [-0.25, -0.2) is 0 Å². The van der Waals surface area contributed by atoms with E-state index in [4.69, 9.17) is 4.74 Å². The first-order chi connectivity index (χ1) is 9.56. The molecule has 0 saturated carbocycles. The number of aryl methyl sites for hydroxylation is 1. The molecule has 0 radical (unpaired) electrons. The van der Waals surface area contributed by atoms with Gasteiger partial charge >= 0.3 is 0 Å². The lowest BCUT2D eigenvalue weighted by atomic mass is 10.1. The van der Waals surface area contributed by atoms with Crippen LogP contribution in [0.25, 0.3) is 0 Å². The Morgan fingerprint density at radius 2 is 2.00 bits per heavy atom. The number of hydrogen-bond donors (Lipinski definition) is 1. The number of benzene rings is 1. The number of amides is 2. The smallest absolute Gasteiger partial charge is 0.223 e. The topological polar surface area (TPSA) is 58.6 Å². The maximum absolute atomic E-state index is 11.7. The predicted octanol–water partition coefficient (Wildman–Crippen LogP) is 1.50. The van der Waals surface area contributed by atoms with Gasteiger partial charge in [0.05, 0.1) is 6.61 Å². The number of anilines is 1. The van der Waals surface area contributed by atoms with Gasteiger partial charge in [-0.2, -0.15) is 0 Å². The van der Waals surface area contributed by atoms with Gasteiger partial charge in [0.25, 0.3) is 0 Å². The normalized spacial score (nSPS) is 10.2. The molecule has 0 aliphatic heterocycles. The zero-order valence-corrected chi connectivity index (χ0v) is 12.3. The Labute approximate surface area is 119 Å². The van der Waals surface area contributed by atoms with Crippen LogP contribution in [0.5, 0.6) is 0 Å². The number of nitrogens with one attached hydrogen (secondary N) is 1. The second-order valence-electron chi connectivity index (χ2n) is 4.55. The molecule has 1 N–H and O–H groups in total. The number of rotatable bonds is 7. The summed E-state index contributed by atoms with van der Waals surface area (Å²) in [7, 11) is 1.59. The third kappa shape index (κ3) is 5.01. The number of nitrogens with zero attached hydrogens (tertiary/aromatic N) is 1. The summed E-state index contributed by atoms with van der Waals surface area (Å²) < 4.78 is 4.86. The van der Waals surface area contributed by atoms with Crippen molar-refractivity contribution in [2.45, 2.75) is 20.3 Å². The van der Waals surface area contributed by atoms with Gasteiger partial charge < -0.3 is 15.0 Å². The Bertz CT molecular complexity index is 460. The predicted molar refractivity (Wildman–Crippen MR) is 78.7 cm³/mol. The van der Waals surface area contributed by atoms with E-state index in [0.717, 1.165) is 11.3 Å². The van der Waals surface area contributed by atoms with Gasteiger partial charge in [-0.1, -0.05) is 18.2 Å². The van der Waals surface area contributed by atoms with Gasteiger partial charge in [0, 0.05) is 39.2 Å². The van der Waals surface area contributed by atoms with E-state index in [1.54, 1.807) is 12.0 Å². The largest absolute Gasteiger partial charge is 0.383 e. The molecule has 0 bridgehead atoms. The third-order valence-electron chi connectivity index (χ3n) is 2.98. The lowest BCUT2D eigenvalue weighted by molar-refractivity contribution is -0.121. The first kappa shape index (κ1) is 16.2. The van der Waals surface area contributed by atoms with Crippen LogP contribution < -0.4 is 10.2 Å². The summed E-state index contributed by atoms with van der Waals surface area (Å²) in [6, 6.07) is 7.65. The van der Waals surface area contributed by atoms with E-state index in [0.29, 0.717) is 19.7 Å². The molecule has 0 aliphatic carbocycles. The fourth-order valence-corrected chi connectivity index (χ4v) is 1.91. The summed E-state index contributed by atoms with van der Waals surface area (Å²) in [5.41, 5.74) is 1.87. The van der Waals surface area contributed by atoms with Crippen molar-refractivity contribution >= 4 is 17.5 Å². The molecule has 0 spiro atoms. The Morgan fingerprint density at radius 1 is 1.30 bits per heavy atom. The molecular formula is C15H22N2O3. The minimum atomic E-state index is -0.0816. The van der Waals surface area contributed by atoms with Crippen molar-refractivity contribution in [1.29, 1.82) is 0 Å². The van der Waals surface area contributed by atoms with Gasteiger partial charge in [-0.15, -0.1) is 0 Å². The van der Waals surface area contributed by atoms with Crippen molar-refractivity contribution in [3.63, 3.8) is 0 Å². The highest BCUT2D eigenvalue weighted by molar-refractivity contribution is 5.93. The standard InChI is InChI=1S/C15H22N2O3/c1-12-6-4-5-7-14(12)17(13(2)18)10-8-15(19)16-9-11-20-3/h4-7H,8-11H2,1-3H3,(H,16,19). The zero-order valence-electron chi connectivity index (χ0n) is 12.3. The molecule has 0 aromatic heterocycles. The van der Waals surface area contributed by atoms with Gasteiger partial charge in [0.15, 0.2) is 0 Å². The van der Waals surface area contributed by atoms with Crippen LogP contribution >= 0.6 is 0 Å². The molecule has 5 nitrogen and oxygen atoms in total. The van der Waals surface area contributed by atoms with Crippen LogP contribution in [0, 0.1) is 6.92 Å². The minimum absolute atomic E-state index is 0.0657. The summed E-state index contributed by atoms with van der Waals surface area (Å²) in [5, 5.41) is 2.74. The van der Waals surface area contributed by atoms with Crippen molar-refractivity contribution < 1.29 is 14.3 Å². The van der Waals surface area contributed by atoms with E-state index >= 15 is 0 Å². The number of methoxy groups -OCH3 is 1. The van der Waals surface area contributed by atoms with Crippen LogP contribution in [-0.4, -0.2) is 38.6 Å². The van der Waals surface area contributed by atoms with Crippen molar-refractivity contribution in [1.82, 2.24) is 5.32 Å². The average Bonchev–Trinajstić information content (AvgIpc) is 2.41. The highest BCUT2D eigenvalue weighted by atomic mass is 16.5. The molecular weight excluding hydrogens is 256 g/mol. The van der Waals surface area contributed by atoms with Crippen LogP contribution in [0.2, 0.25) is 0 Å². The second-order valence-corrected chi connectivity index (χ2v) is 4.55. The van der Waals surface area contributed by atoms with Crippen LogP contribution in [0.1, 0.15) is 18.9 Å². The Kier molecular flexibility index (Phi) is 6.73. The molecule has 0 heterocycles. The summed E-state index contributed by atoms with van der Waals surface area (Å²) in [6.07, 6.45) is 0.275. The lowest BCUT2D eigenvalue weighted by Gasteiger charge is -2.22. The highest BCUT2D eigenvalue weighted by Crippen LogP contribution is 2.19. The monoisotopic (exact) mass is 278 g/mol. The molecule has 1 aromatic rings. The van der Waals surface area contributed by atoms with E-state index in [2.05, 4.69) is 5.32 Å². The van der Waals surface area contributed by atoms with E-state index in [-0.39, 0.29) is 18.2 Å². The number of carbonyl (C=O) groups is 2. The number of para-hydroxylation sites is 1. The summed E-state index contributed by atoms with van der Waals surface area (Å²) in [4.78, 5) is 25.0. The molecule has 0 atom stereocenters. The molecule has 5 heteroatoms. The SMILES string of the molecule is COCCNC(=O)CCN(C(C)=O)c1ccccc1C. The highest BCUT2D eigenvalue weighted by Gasteiger charge is 2.14. The van der Waals surface area contributed by atoms with Crippen LogP contribution in [0.4, 0.5) is 5.69 Å². The van der Waals surface area contributed by atoms with E-state index in [1.165, 1.54) is 6.92 Å². The fourth-order valence-electron chi connectivity index (χ4n) is 1.91. The molecule has 2 amide bonds. The molecule has 0 saturated heterocycles. The van der Waals surface area contributed by atoms with E-state index in [1.807, 2.05) is 31.2 Å². The first-order valence-electron chi connectivity index (χ1n) is 6.65. The van der Waals surface area contributed by atoms with E-state index < -0.39 is 0 Å². The third-order valence-corrected chi connectivity index (χ3v) is 2.98. The Morgan fingerprint density at radius 3 is 2.60 bits per heavy atom. The molecule has 1 rings (SSSR count). The number of carbonyl (C=O) groups excluding carboxylic acids is 2. The number of hydrogen-bond acceptors (Lipinski definition) is 3. The minimum Gasteiger partial charge on any atom is -0.383 e. The zero-order chi connectivity index (χ0) is 15.0.